The molecule has 35 heavy (non-hydrogen) atoms. The predicted octanol–water partition coefficient (Wildman–Crippen LogP) is 4.58. The molecular formula is C26H25Cl2N3O4. The van der Waals surface area contributed by atoms with Crippen LogP contribution in [0.1, 0.15) is 27.4 Å². The molecule has 2 aromatic carbocycles. The van der Waals surface area contributed by atoms with Crippen molar-refractivity contribution in [1.82, 2.24) is 15.2 Å². The maximum Gasteiger partial charge on any atom is 0.255 e. The van der Waals surface area contributed by atoms with E-state index in [1.165, 1.54) is 6.07 Å². The van der Waals surface area contributed by atoms with E-state index in [9.17, 15) is 9.59 Å². The van der Waals surface area contributed by atoms with E-state index in [1.807, 2.05) is 18.2 Å². The van der Waals surface area contributed by atoms with Gasteiger partial charge >= 0.3 is 0 Å². The Balaban J connectivity index is 1.64. The molecule has 1 fully saturated rings. The van der Waals surface area contributed by atoms with Gasteiger partial charge in [0.25, 0.3) is 5.91 Å². The first-order chi connectivity index (χ1) is 16.9. The lowest BCUT2D eigenvalue weighted by molar-refractivity contribution is -0.125. The number of likely N-dealkylation sites (tertiary alicyclic amines) is 1. The standard InChI is InChI=1S/C26H25Cl2N3O4/c1-34-18-4-6-24(35-2)20(12-18)21-14-31(26(33)19-5-3-17(27)11-23(19)28)15-22(21)25(32)30-13-16-7-9-29-10-8-16/h3-12,21-22H,13-15H2,1-2H3,(H,30,32). The Morgan fingerprint density at radius 2 is 1.80 bits per heavy atom. The molecule has 2 amide bonds. The summed E-state index contributed by atoms with van der Waals surface area (Å²) in [5.74, 6) is 0.0290. The molecule has 182 valence electrons. The third-order valence-electron chi connectivity index (χ3n) is 6.16. The van der Waals surface area contributed by atoms with E-state index in [0.29, 0.717) is 35.2 Å². The van der Waals surface area contributed by atoms with Gasteiger partial charge in [-0.1, -0.05) is 23.2 Å². The van der Waals surface area contributed by atoms with Crippen molar-refractivity contribution in [1.29, 1.82) is 0 Å². The maximum atomic E-state index is 13.4. The number of rotatable bonds is 7. The average Bonchev–Trinajstić information content (AvgIpc) is 3.32. The molecule has 7 nitrogen and oxygen atoms in total. The number of nitrogens with one attached hydrogen (secondary N) is 1. The highest BCUT2D eigenvalue weighted by atomic mass is 35.5. The quantitative estimate of drug-likeness (QED) is 0.500. The predicted molar refractivity (Wildman–Crippen MR) is 134 cm³/mol. The number of benzene rings is 2. The third kappa shape index (κ3) is 5.52. The zero-order valence-corrected chi connectivity index (χ0v) is 20.8. The summed E-state index contributed by atoms with van der Waals surface area (Å²) in [4.78, 5) is 32.4. The second-order valence-corrected chi connectivity index (χ2v) is 9.07. The van der Waals surface area contributed by atoms with Crippen LogP contribution in [0.2, 0.25) is 10.0 Å². The molecule has 1 N–H and O–H groups in total. The fraction of sp³-hybridized carbons (Fsp3) is 0.269. The number of ether oxygens (including phenoxy) is 2. The normalized spacial score (nSPS) is 17.2. The van der Waals surface area contributed by atoms with E-state index in [-0.39, 0.29) is 29.3 Å². The van der Waals surface area contributed by atoms with Crippen molar-refractivity contribution in [2.45, 2.75) is 12.5 Å². The molecule has 2 heterocycles. The highest BCUT2D eigenvalue weighted by Gasteiger charge is 2.42. The van der Waals surface area contributed by atoms with Crippen molar-refractivity contribution < 1.29 is 19.1 Å². The summed E-state index contributed by atoms with van der Waals surface area (Å²) in [6.45, 7) is 0.899. The van der Waals surface area contributed by atoms with Crippen LogP contribution < -0.4 is 14.8 Å². The molecule has 3 aromatic rings. The number of hydrogen-bond acceptors (Lipinski definition) is 5. The summed E-state index contributed by atoms with van der Waals surface area (Å²) in [6, 6.07) is 13.9. The van der Waals surface area contributed by atoms with Crippen molar-refractivity contribution in [3.8, 4) is 11.5 Å². The van der Waals surface area contributed by atoms with Gasteiger partial charge < -0.3 is 19.7 Å². The summed E-state index contributed by atoms with van der Waals surface area (Å²) < 4.78 is 11.0. The Morgan fingerprint density at radius 3 is 2.49 bits per heavy atom. The number of aromatic nitrogens is 1. The molecule has 0 bridgehead atoms. The first-order valence-electron chi connectivity index (χ1n) is 11.0. The summed E-state index contributed by atoms with van der Waals surface area (Å²) >= 11 is 12.3. The highest BCUT2D eigenvalue weighted by molar-refractivity contribution is 6.36. The van der Waals surface area contributed by atoms with Gasteiger partial charge in [0.2, 0.25) is 5.91 Å². The van der Waals surface area contributed by atoms with E-state index >= 15 is 0 Å². The maximum absolute atomic E-state index is 13.4. The van der Waals surface area contributed by atoms with E-state index in [4.69, 9.17) is 32.7 Å². The fourth-order valence-corrected chi connectivity index (χ4v) is 4.82. The molecule has 1 aliphatic rings. The van der Waals surface area contributed by atoms with Crippen molar-refractivity contribution in [3.63, 3.8) is 0 Å². The van der Waals surface area contributed by atoms with Crippen LogP contribution >= 0.6 is 23.2 Å². The lowest BCUT2D eigenvalue weighted by atomic mass is 9.87. The van der Waals surface area contributed by atoms with Crippen LogP contribution in [-0.2, 0) is 11.3 Å². The summed E-state index contributed by atoms with van der Waals surface area (Å²) in [7, 11) is 3.16. The van der Waals surface area contributed by atoms with Crippen LogP contribution in [0, 0.1) is 5.92 Å². The highest BCUT2D eigenvalue weighted by Crippen LogP contribution is 2.40. The van der Waals surface area contributed by atoms with Gasteiger partial charge in [-0.3, -0.25) is 14.6 Å². The van der Waals surface area contributed by atoms with E-state index in [2.05, 4.69) is 10.3 Å². The van der Waals surface area contributed by atoms with Gasteiger partial charge in [0, 0.05) is 48.5 Å². The van der Waals surface area contributed by atoms with Crippen LogP contribution in [0.15, 0.2) is 60.9 Å². The van der Waals surface area contributed by atoms with Crippen molar-refractivity contribution in [2.75, 3.05) is 27.3 Å². The minimum Gasteiger partial charge on any atom is -0.497 e. The Labute approximate surface area is 214 Å². The van der Waals surface area contributed by atoms with Crippen LogP contribution in [0.4, 0.5) is 0 Å². The fourth-order valence-electron chi connectivity index (χ4n) is 4.33. The largest absolute Gasteiger partial charge is 0.497 e. The summed E-state index contributed by atoms with van der Waals surface area (Å²) in [6.07, 6.45) is 3.36. The van der Waals surface area contributed by atoms with Crippen LogP contribution in [0.5, 0.6) is 11.5 Å². The number of nitrogens with zero attached hydrogens (tertiary/aromatic N) is 2. The van der Waals surface area contributed by atoms with Crippen molar-refractivity contribution in [2.24, 2.45) is 5.92 Å². The molecule has 1 saturated heterocycles. The molecule has 0 spiro atoms. The van der Waals surface area contributed by atoms with Crippen molar-refractivity contribution >= 4 is 35.0 Å². The smallest absolute Gasteiger partial charge is 0.255 e. The third-order valence-corrected chi connectivity index (χ3v) is 6.71. The minimum atomic E-state index is -0.507. The van der Waals surface area contributed by atoms with Gasteiger partial charge in [0.05, 0.1) is 30.7 Å². The zero-order chi connectivity index (χ0) is 24.9. The molecule has 4 rings (SSSR count). The molecule has 0 aliphatic carbocycles. The Kier molecular flexibility index (Phi) is 7.78. The average molecular weight is 514 g/mol. The lowest BCUT2D eigenvalue weighted by Gasteiger charge is -2.21. The number of methoxy groups -OCH3 is 2. The molecular weight excluding hydrogens is 489 g/mol. The second kappa shape index (κ2) is 11.0. The summed E-state index contributed by atoms with van der Waals surface area (Å²) in [5, 5.41) is 3.72. The monoisotopic (exact) mass is 513 g/mol. The minimum absolute atomic E-state index is 0.158. The molecule has 0 radical (unpaired) electrons. The molecule has 2 unspecified atom stereocenters. The van der Waals surface area contributed by atoms with Gasteiger partial charge in [-0.15, -0.1) is 0 Å². The second-order valence-electron chi connectivity index (χ2n) is 8.23. The van der Waals surface area contributed by atoms with Crippen LogP contribution in [0.25, 0.3) is 0 Å². The van der Waals surface area contributed by atoms with Crippen LogP contribution in [-0.4, -0.2) is 49.0 Å². The molecule has 9 heteroatoms. The molecule has 2 atom stereocenters. The van der Waals surface area contributed by atoms with Crippen molar-refractivity contribution in [3.05, 3.63) is 87.7 Å². The number of hydrogen-bond donors (Lipinski definition) is 1. The SMILES string of the molecule is COc1ccc(OC)c(C2CN(C(=O)c3ccc(Cl)cc3Cl)CC2C(=O)NCc2ccncc2)c1. The Morgan fingerprint density at radius 1 is 1.03 bits per heavy atom. The van der Waals surface area contributed by atoms with E-state index in [1.54, 1.807) is 55.8 Å². The zero-order valence-electron chi connectivity index (χ0n) is 19.3. The Bertz CT molecular complexity index is 1220. The molecule has 0 saturated carbocycles. The van der Waals surface area contributed by atoms with E-state index in [0.717, 1.165) is 11.1 Å². The number of carbonyl (C=O) groups excluding carboxylic acids is 2. The number of amides is 2. The summed E-state index contributed by atoms with van der Waals surface area (Å²) in [5.41, 5.74) is 2.07. The topological polar surface area (TPSA) is 80.8 Å². The van der Waals surface area contributed by atoms with Gasteiger partial charge in [-0.2, -0.15) is 0 Å². The first kappa shape index (κ1) is 24.8. The van der Waals surface area contributed by atoms with E-state index < -0.39 is 5.92 Å². The first-order valence-corrected chi connectivity index (χ1v) is 11.8. The lowest BCUT2D eigenvalue weighted by Crippen LogP contribution is -2.35. The van der Waals surface area contributed by atoms with Gasteiger partial charge in [0.15, 0.2) is 0 Å². The number of carbonyl (C=O) groups is 2. The van der Waals surface area contributed by atoms with Gasteiger partial charge in [0.1, 0.15) is 11.5 Å². The Hall–Kier alpha value is -3.29. The van der Waals surface area contributed by atoms with Gasteiger partial charge in [-0.05, 0) is 54.1 Å². The molecule has 1 aromatic heterocycles. The molecule has 1 aliphatic heterocycles. The van der Waals surface area contributed by atoms with Crippen LogP contribution in [0.3, 0.4) is 0 Å². The van der Waals surface area contributed by atoms with Gasteiger partial charge in [-0.25, -0.2) is 0 Å². The number of pyridine rings is 1. The number of halogens is 2.